The smallest absolute Gasteiger partial charge is 0.0547 e. The summed E-state index contributed by atoms with van der Waals surface area (Å²) in [4.78, 5) is 0. The summed E-state index contributed by atoms with van der Waals surface area (Å²) in [7, 11) is -3.10. The van der Waals surface area contributed by atoms with Crippen molar-refractivity contribution in [3.63, 3.8) is 0 Å². The molecule has 13 saturated carbocycles. The predicted octanol–water partition coefficient (Wildman–Crippen LogP) is 22.5. The second-order valence-corrected chi connectivity index (χ2v) is 45.4. The number of rotatable bonds is 10. The van der Waals surface area contributed by atoms with Crippen molar-refractivity contribution in [2.75, 3.05) is 0 Å². The van der Waals surface area contributed by atoms with E-state index in [2.05, 4.69) is 67.7 Å². The highest BCUT2D eigenvalue weighted by molar-refractivity contribution is 6.81. The van der Waals surface area contributed by atoms with Crippen LogP contribution in [-0.2, 0) is 0 Å². The average Bonchev–Trinajstić information content (AvgIpc) is 4.39. The molecule has 0 aliphatic heterocycles. The normalized spacial score (nSPS) is 52.9. The molecule has 26 unspecified atom stereocenters. The molecule has 0 amide bonds. The Kier molecular flexibility index (Phi) is 16.4. The van der Waals surface area contributed by atoms with Gasteiger partial charge in [0, 0.05) is 0 Å². The molecule has 0 aromatic carbocycles. The highest BCUT2D eigenvalue weighted by atomic mass is 28.3. The molecule has 2 heteroatoms. The van der Waals surface area contributed by atoms with Crippen molar-refractivity contribution >= 4 is 16.1 Å². The van der Waals surface area contributed by atoms with Gasteiger partial charge in [0.1, 0.15) is 0 Å². The van der Waals surface area contributed by atoms with E-state index in [1.54, 1.807) is 218 Å². The summed E-state index contributed by atoms with van der Waals surface area (Å²) in [5.74, 6) is 27.7. The SMILES string of the molecule is CC(C)C1CC2C(C3CCC(C4CCCC5C4CC(C)C5[Si](C)(C)C4C(C)CC5C(C6CCCC7CCCCC76)CCCC54)CC3)CCCC2C1[Si](C)(C)C1C(C(C)C)CC2C(C3CCCC4CCCCC43)CCCC21. The standard InChI is InChI=1S/C74H128Si2/c1-45(2)65-43-69-56(28-18-35-63(69)73(65)76(9,10)74-64-36-20-32-60(70(64)44-66(74)46(3)4)58-30-16-24-50-22-12-14-26-54(50)58)52-39-37-51(38-40-52)55-27-17-33-61-67(55)41-47(5)71(61)75(7,8)72-48(6)42-68-59(31-19-34-62(68)72)57-29-15-23-49-21-11-13-25-53(49)57/h45-74H,11-44H2,1-10H3. The summed E-state index contributed by atoms with van der Waals surface area (Å²) in [6, 6.07) is 0. The Morgan fingerprint density at radius 1 is 0.237 bits per heavy atom. The molecule has 0 N–H and O–H groups in total. The fraction of sp³-hybridized carbons (Fsp3) is 1.00. The Morgan fingerprint density at radius 2 is 0.474 bits per heavy atom. The van der Waals surface area contributed by atoms with Crippen molar-refractivity contribution < 1.29 is 0 Å². The lowest BCUT2D eigenvalue weighted by Crippen LogP contribution is -2.49. The van der Waals surface area contributed by atoms with Gasteiger partial charge in [-0.15, -0.1) is 0 Å². The lowest BCUT2D eigenvalue weighted by molar-refractivity contribution is 0.0124. The molecule has 0 heterocycles. The molecule has 0 spiro atoms. The quantitative estimate of drug-likeness (QED) is 0.191. The van der Waals surface area contributed by atoms with Gasteiger partial charge in [-0.05, 0) is 279 Å². The summed E-state index contributed by atoms with van der Waals surface area (Å²) < 4.78 is 0. The van der Waals surface area contributed by atoms with Gasteiger partial charge < -0.3 is 0 Å². The molecule has 0 aromatic rings. The minimum absolute atomic E-state index is 0.881. The monoisotopic (exact) mass is 1070 g/mol. The molecular weight excluding hydrogens is 945 g/mol. The first-order valence-corrected chi connectivity index (χ1v) is 43.0. The average molecular weight is 1070 g/mol. The number of fused-ring (bicyclic) bond motifs is 6. The highest BCUT2D eigenvalue weighted by Gasteiger charge is 2.64. The van der Waals surface area contributed by atoms with Crippen LogP contribution in [-0.4, -0.2) is 16.1 Å². The van der Waals surface area contributed by atoms with Gasteiger partial charge in [-0.25, -0.2) is 0 Å². The molecule has 0 saturated heterocycles. The zero-order valence-electron chi connectivity index (χ0n) is 52.4. The van der Waals surface area contributed by atoms with Crippen molar-refractivity contribution in [3.8, 4) is 0 Å². The van der Waals surface area contributed by atoms with Gasteiger partial charge in [0.05, 0.1) is 16.1 Å². The van der Waals surface area contributed by atoms with Crippen LogP contribution >= 0.6 is 0 Å². The summed E-state index contributed by atoms with van der Waals surface area (Å²) >= 11 is 0. The molecule has 13 rings (SSSR count). The molecule has 0 nitrogen and oxygen atoms in total. The highest BCUT2D eigenvalue weighted by Crippen LogP contribution is 2.72. The third-order valence-electron chi connectivity index (χ3n) is 31.6. The minimum Gasteiger partial charge on any atom is -0.0689 e. The Bertz CT molecular complexity index is 1920. The van der Waals surface area contributed by atoms with Crippen LogP contribution in [0.4, 0.5) is 0 Å². The van der Waals surface area contributed by atoms with Crippen molar-refractivity contribution in [3.05, 3.63) is 0 Å². The minimum atomic E-state index is -1.60. The van der Waals surface area contributed by atoms with Crippen LogP contribution in [0.5, 0.6) is 0 Å². The van der Waals surface area contributed by atoms with Crippen molar-refractivity contribution in [1.82, 2.24) is 0 Å². The fourth-order valence-corrected chi connectivity index (χ4v) is 43.4. The van der Waals surface area contributed by atoms with Crippen LogP contribution in [0.15, 0.2) is 0 Å². The Hall–Kier alpha value is 0.434. The van der Waals surface area contributed by atoms with Gasteiger partial charge in [0.25, 0.3) is 0 Å². The number of hydrogen-bond donors (Lipinski definition) is 0. The second kappa shape index (κ2) is 22.5. The predicted molar refractivity (Wildman–Crippen MR) is 332 cm³/mol. The lowest BCUT2D eigenvalue weighted by Gasteiger charge is -2.52. The Labute approximate surface area is 475 Å². The zero-order valence-corrected chi connectivity index (χ0v) is 54.4. The summed E-state index contributed by atoms with van der Waals surface area (Å²) in [5.41, 5.74) is 4.44. The largest absolute Gasteiger partial charge is 0.0689 e. The Balaban J connectivity index is 0.677. The van der Waals surface area contributed by atoms with Gasteiger partial charge >= 0.3 is 0 Å². The van der Waals surface area contributed by atoms with E-state index in [-0.39, 0.29) is 0 Å². The van der Waals surface area contributed by atoms with E-state index in [4.69, 9.17) is 0 Å². The van der Waals surface area contributed by atoms with Crippen molar-refractivity contribution in [2.45, 2.75) is 308 Å². The zero-order chi connectivity index (χ0) is 52.4. The molecule has 76 heavy (non-hydrogen) atoms. The van der Waals surface area contributed by atoms with Gasteiger partial charge in [-0.1, -0.05) is 183 Å². The van der Waals surface area contributed by atoms with Crippen LogP contribution in [0.1, 0.15) is 260 Å². The topological polar surface area (TPSA) is 0 Å². The lowest BCUT2D eigenvalue weighted by atomic mass is 9.57. The van der Waals surface area contributed by atoms with E-state index >= 15 is 0 Å². The van der Waals surface area contributed by atoms with Crippen LogP contribution in [0, 0.1) is 154 Å². The maximum Gasteiger partial charge on any atom is 0.0547 e. The van der Waals surface area contributed by atoms with Gasteiger partial charge in [-0.3, -0.25) is 0 Å². The molecule has 13 aliphatic carbocycles. The Morgan fingerprint density at radius 3 is 0.882 bits per heavy atom. The van der Waals surface area contributed by atoms with Crippen molar-refractivity contribution in [2.24, 2.45) is 154 Å². The molecule has 0 bridgehead atoms. The van der Waals surface area contributed by atoms with E-state index in [0.717, 1.165) is 176 Å². The van der Waals surface area contributed by atoms with Gasteiger partial charge in [0.2, 0.25) is 0 Å². The second-order valence-electron chi connectivity index (χ2n) is 35.4. The first-order chi connectivity index (χ1) is 36.7. The molecular formula is C74H128Si2. The molecule has 13 aliphatic rings. The van der Waals surface area contributed by atoms with Crippen LogP contribution in [0.25, 0.3) is 0 Å². The van der Waals surface area contributed by atoms with Gasteiger partial charge in [0.15, 0.2) is 0 Å². The molecule has 26 atom stereocenters. The number of hydrogen-bond acceptors (Lipinski definition) is 0. The van der Waals surface area contributed by atoms with Gasteiger partial charge in [-0.2, -0.15) is 0 Å². The summed E-state index contributed by atoms with van der Waals surface area (Å²) in [6.45, 7) is 28.9. The summed E-state index contributed by atoms with van der Waals surface area (Å²) in [6.07, 6.45) is 54.5. The van der Waals surface area contributed by atoms with E-state index in [1.807, 2.05) is 0 Å². The van der Waals surface area contributed by atoms with Crippen LogP contribution in [0.2, 0.25) is 48.4 Å². The summed E-state index contributed by atoms with van der Waals surface area (Å²) in [5, 5.41) is 0. The first-order valence-electron chi connectivity index (χ1n) is 36.7. The molecule has 13 fully saturated rings. The third kappa shape index (κ3) is 9.60. The maximum absolute atomic E-state index is 3.10. The molecule has 432 valence electrons. The maximum atomic E-state index is 3.10. The molecule has 0 radical (unpaired) electrons. The van der Waals surface area contributed by atoms with E-state index in [1.165, 1.54) is 0 Å². The fourth-order valence-electron chi connectivity index (χ4n) is 29.9. The first kappa shape index (κ1) is 55.6. The van der Waals surface area contributed by atoms with Crippen LogP contribution < -0.4 is 0 Å². The molecule has 0 aromatic heterocycles. The van der Waals surface area contributed by atoms with E-state index in [9.17, 15) is 0 Å². The van der Waals surface area contributed by atoms with Crippen molar-refractivity contribution in [1.29, 1.82) is 0 Å². The van der Waals surface area contributed by atoms with E-state index < -0.39 is 16.1 Å². The van der Waals surface area contributed by atoms with Crippen LogP contribution in [0.3, 0.4) is 0 Å². The van der Waals surface area contributed by atoms with E-state index in [0.29, 0.717) is 0 Å². The third-order valence-corrected chi connectivity index (χ3v) is 42.2.